The van der Waals surface area contributed by atoms with E-state index in [4.69, 9.17) is 18.9 Å². The molecule has 0 amide bonds. The molecule has 2 N–H and O–H groups in total. The van der Waals surface area contributed by atoms with E-state index in [1.54, 1.807) is 30.3 Å². The second-order valence-electron chi connectivity index (χ2n) is 21.0. The fourth-order valence-electron chi connectivity index (χ4n) is 10.0. The fourth-order valence-corrected chi connectivity index (χ4v) is 10.0. The summed E-state index contributed by atoms with van der Waals surface area (Å²) in [7, 11) is 1.47. The molecule has 1 aliphatic heterocycles. The number of hydrogen-bond acceptors (Lipinski definition) is 8. The predicted molar refractivity (Wildman–Crippen MR) is 296 cm³/mol. The minimum absolute atomic E-state index is 0.0220. The molecule has 2 aromatic rings. The van der Waals surface area contributed by atoms with Gasteiger partial charge < -0.3 is 29.2 Å². The van der Waals surface area contributed by atoms with Crippen LogP contribution in [0.2, 0.25) is 0 Å². The first-order chi connectivity index (χ1) is 34.9. The molecular formula is C63H104O8. The van der Waals surface area contributed by atoms with Crippen LogP contribution in [0.1, 0.15) is 294 Å². The summed E-state index contributed by atoms with van der Waals surface area (Å²) in [5.74, 6) is 0.304. The lowest BCUT2D eigenvalue weighted by Crippen LogP contribution is -2.37. The van der Waals surface area contributed by atoms with Crippen LogP contribution in [-0.2, 0) is 14.3 Å². The van der Waals surface area contributed by atoms with Crippen molar-refractivity contribution in [3.05, 3.63) is 47.5 Å². The molecule has 1 aliphatic rings. The number of carbonyl (C=O) groups is 2. The standard InChI is InChI=1S/C63H104O8/c1-4-6-8-10-12-14-16-18-20-22-24-26-27-29-31-33-35-37-39-41-43-55(64)48-45-53-47-50-57-63(61(53)67)71-62(54-46-49-56(65)58(51-54)68-3)59(70-57)52-69-60(66)44-42-40-38-36-34-32-30-28-25-23-21-19-17-15-13-11-9-7-5-2/h45-51,59,62,65,67H,4-44,52H2,1-3H3/b48-45+/t59-,62-/m0/s1. The number of fused-ring (bicyclic) bond motifs is 1. The van der Waals surface area contributed by atoms with Gasteiger partial charge in [-0.1, -0.05) is 257 Å². The van der Waals surface area contributed by atoms with Crippen LogP contribution in [0.3, 0.4) is 0 Å². The molecule has 3 rings (SSSR count). The summed E-state index contributed by atoms with van der Waals surface area (Å²) in [6.45, 7) is 4.51. The van der Waals surface area contributed by atoms with Crippen molar-refractivity contribution in [3.8, 4) is 28.7 Å². The lowest BCUT2D eigenvalue weighted by atomic mass is 10.0. The molecule has 404 valence electrons. The van der Waals surface area contributed by atoms with Crippen LogP contribution >= 0.6 is 0 Å². The summed E-state index contributed by atoms with van der Waals surface area (Å²) in [5, 5.41) is 21.7. The molecule has 0 fully saturated rings. The molecule has 1 heterocycles. The molecule has 0 bridgehead atoms. The lowest BCUT2D eigenvalue weighted by molar-refractivity contribution is -0.148. The molecule has 8 heteroatoms. The zero-order valence-electron chi connectivity index (χ0n) is 45.7. The number of hydrogen-bond donors (Lipinski definition) is 2. The van der Waals surface area contributed by atoms with E-state index in [0.717, 1.165) is 38.5 Å². The number of unbranched alkanes of at least 4 members (excludes halogenated alkanes) is 37. The largest absolute Gasteiger partial charge is 0.504 e. The Labute approximate surface area is 434 Å². The minimum Gasteiger partial charge on any atom is -0.504 e. The molecule has 0 aliphatic carbocycles. The highest BCUT2D eigenvalue weighted by Gasteiger charge is 2.36. The second-order valence-corrected chi connectivity index (χ2v) is 21.0. The number of ether oxygens (including phenoxy) is 4. The Hall–Kier alpha value is -3.68. The van der Waals surface area contributed by atoms with Crippen LogP contribution in [0.25, 0.3) is 6.08 Å². The summed E-state index contributed by atoms with van der Waals surface area (Å²) in [5.41, 5.74) is 1.06. The van der Waals surface area contributed by atoms with Gasteiger partial charge in [0.2, 0.25) is 5.75 Å². The SMILES string of the molecule is CCCCCCCCCCCCCCCCCCCCCCC(=O)/C=C/c1ccc2c(c1O)O[C@@H](c1ccc(O)c(OC)c1)[C@H](COC(=O)CCCCCCCCCCCCCCCCCCCCC)O2. The predicted octanol–water partition coefficient (Wildman–Crippen LogP) is 19.1. The molecule has 0 aromatic heterocycles. The molecule has 2 atom stereocenters. The first kappa shape index (κ1) is 61.6. The maximum atomic E-state index is 12.9. The number of phenolic OH excluding ortho intramolecular Hbond substituents is 2. The lowest BCUT2D eigenvalue weighted by Gasteiger charge is -2.34. The third kappa shape index (κ3) is 29.0. The van der Waals surface area contributed by atoms with Crippen LogP contribution in [-0.4, -0.2) is 41.8 Å². The molecule has 71 heavy (non-hydrogen) atoms. The summed E-state index contributed by atoms with van der Waals surface area (Å²) < 4.78 is 23.9. The van der Waals surface area contributed by atoms with Gasteiger partial charge in [0.25, 0.3) is 0 Å². The van der Waals surface area contributed by atoms with Gasteiger partial charge in [-0.15, -0.1) is 0 Å². The average molecular weight is 990 g/mol. The van der Waals surface area contributed by atoms with E-state index in [2.05, 4.69) is 13.8 Å². The molecule has 0 spiro atoms. The van der Waals surface area contributed by atoms with Gasteiger partial charge in [0.1, 0.15) is 6.61 Å². The molecule has 8 nitrogen and oxygen atoms in total. The first-order valence-electron chi connectivity index (χ1n) is 29.8. The quantitative estimate of drug-likeness (QED) is 0.0383. The summed E-state index contributed by atoms with van der Waals surface area (Å²) in [6, 6.07) is 8.28. The van der Waals surface area contributed by atoms with Crippen molar-refractivity contribution in [3.63, 3.8) is 0 Å². The maximum absolute atomic E-state index is 12.9. The number of ketones is 1. The molecule has 0 unspecified atom stereocenters. The minimum atomic E-state index is -0.786. The Morgan fingerprint density at radius 1 is 0.521 bits per heavy atom. The number of phenols is 2. The summed E-state index contributed by atoms with van der Waals surface area (Å²) in [4.78, 5) is 25.7. The highest BCUT2D eigenvalue weighted by molar-refractivity contribution is 5.94. The van der Waals surface area contributed by atoms with Crippen molar-refractivity contribution in [1.82, 2.24) is 0 Å². The Morgan fingerprint density at radius 3 is 1.35 bits per heavy atom. The highest BCUT2D eigenvalue weighted by atomic mass is 16.6. The normalized spacial score (nSPS) is 14.4. The Bertz CT molecular complexity index is 1670. The van der Waals surface area contributed by atoms with Crippen molar-refractivity contribution in [2.24, 2.45) is 0 Å². The van der Waals surface area contributed by atoms with Gasteiger partial charge in [0.05, 0.1) is 7.11 Å². The summed E-state index contributed by atoms with van der Waals surface area (Å²) >= 11 is 0. The number of rotatable bonds is 47. The van der Waals surface area contributed by atoms with Gasteiger partial charge in [0.15, 0.2) is 41.0 Å². The Kier molecular flexibility index (Phi) is 36.2. The monoisotopic (exact) mass is 989 g/mol. The number of allylic oxidation sites excluding steroid dienone is 1. The third-order valence-corrected chi connectivity index (χ3v) is 14.6. The fraction of sp³-hybridized carbons (Fsp3) is 0.746. The van der Waals surface area contributed by atoms with Crippen LogP contribution in [0.4, 0.5) is 0 Å². The van der Waals surface area contributed by atoms with Gasteiger partial charge >= 0.3 is 5.97 Å². The number of carbonyl (C=O) groups excluding carboxylic acids is 2. The topological polar surface area (TPSA) is 112 Å². The number of aromatic hydroxyl groups is 2. The van der Waals surface area contributed by atoms with Gasteiger partial charge in [-0.25, -0.2) is 0 Å². The molecule has 2 aromatic carbocycles. The van der Waals surface area contributed by atoms with E-state index in [0.29, 0.717) is 29.7 Å². The van der Waals surface area contributed by atoms with Crippen LogP contribution in [0.15, 0.2) is 36.4 Å². The van der Waals surface area contributed by atoms with Crippen LogP contribution in [0.5, 0.6) is 28.7 Å². The smallest absolute Gasteiger partial charge is 0.305 e. The van der Waals surface area contributed by atoms with E-state index >= 15 is 0 Å². The molecule has 0 radical (unpaired) electrons. The second kappa shape index (κ2) is 41.8. The molecular weight excluding hydrogens is 885 g/mol. The van der Waals surface area contributed by atoms with Crippen LogP contribution in [0, 0.1) is 0 Å². The maximum Gasteiger partial charge on any atom is 0.305 e. The van der Waals surface area contributed by atoms with Gasteiger partial charge in [-0.2, -0.15) is 0 Å². The Balaban J connectivity index is 1.30. The number of methoxy groups -OCH3 is 1. The molecule has 0 saturated carbocycles. The summed E-state index contributed by atoms with van der Waals surface area (Å²) in [6.07, 6.45) is 53.7. The van der Waals surface area contributed by atoms with Gasteiger partial charge in [-0.05, 0) is 49.3 Å². The van der Waals surface area contributed by atoms with Gasteiger partial charge in [-0.3, -0.25) is 9.59 Å². The zero-order chi connectivity index (χ0) is 50.8. The van der Waals surface area contributed by atoms with Crippen molar-refractivity contribution < 1.29 is 38.7 Å². The van der Waals surface area contributed by atoms with Crippen LogP contribution < -0.4 is 14.2 Å². The van der Waals surface area contributed by atoms with E-state index < -0.39 is 12.2 Å². The van der Waals surface area contributed by atoms with Crippen molar-refractivity contribution >= 4 is 17.8 Å². The number of esters is 1. The van der Waals surface area contributed by atoms with Crippen molar-refractivity contribution in [1.29, 1.82) is 0 Å². The van der Waals surface area contributed by atoms with Crippen molar-refractivity contribution in [2.75, 3.05) is 13.7 Å². The average Bonchev–Trinajstić information content (AvgIpc) is 3.37. The van der Waals surface area contributed by atoms with E-state index in [1.807, 2.05) is 0 Å². The first-order valence-corrected chi connectivity index (χ1v) is 29.8. The van der Waals surface area contributed by atoms with E-state index in [9.17, 15) is 19.8 Å². The zero-order valence-corrected chi connectivity index (χ0v) is 45.7. The highest BCUT2D eigenvalue weighted by Crippen LogP contribution is 2.48. The molecule has 0 saturated heterocycles. The van der Waals surface area contributed by atoms with E-state index in [1.165, 1.54) is 231 Å². The Morgan fingerprint density at radius 2 is 0.930 bits per heavy atom. The van der Waals surface area contributed by atoms with E-state index in [-0.39, 0.29) is 41.4 Å². The van der Waals surface area contributed by atoms with Crippen molar-refractivity contribution in [2.45, 2.75) is 289 Å². The van der Waals surface area contributed by atoms with Gasteiger partial charge in [0, 0.05) is 24.0 Å². The third-order valence-electron chi connectivity index (χ3n) is 14.6. The number of benzene rings is 2.